The zero-order valence-electron chi connectivity index (χ0n) is 17.9. The Balaban J connectivity index is 1.49. The van der Waals surface area contributed by atoms with Gasteiger partial charge in [-0.05, 0) is 45.6 Å². The molecule has 4 heterocycles. The van der Waals surface area contributed by atoms with Crippen LogP contribution in [0.4, 0.5) is 0 Å². The zero-order valence-corrected chi connectivity index (χ0v) is 17.9. The van der Waals surface area contributed by atoms with Gasteiger partial charge >= 0.3 is 0 Å². The second-order valence-electron chi connectivity index (χ2n) is 8.16. The number of rotatable bonds is 5. The molecule has 2 aromatic rings. The summed E-state index contributed by atoms with van der Waals surface area (Å²) >= 11 is 0. The Morgan fingerprint density at radius 3 is 2.67 bits per heavy atom. The topological polar surface area (TPSA) is 80.6 Å². The molecule has 0 N–H and O–H groups in total. The van der Waals surface area contributed by atoms with Gasteiger partial charge in [-0.1, -0.05) is 0 Å². The summed E-state index contributed by atoms with van der Waals surface area (Å²) in [5.41, 5.74) is 2.09. The first kappa shape index (κ1) is 20.8. The number of fused-ring (bicyclic) bond motifs is 1. The molecular formula is C22H31N5O3. The molecule has 2 aliphatic rings. The van der Waals surface area contributed by atoms with Gasteiger partial charge in [-0.25, -0.2) is 9.97 Å². The quantitative estimate of drug-likeness (QED) is 0.752. The van der Waals surface area contributed by atoms with Crippen molar-refractivity contribution in [1.82, 2.24) is 24.3 Å². The van der Waals surface area contributed by atoms with Crippen molar-refractivity contribution in [2.45, 2.75) is 45.6 Å². The molecule has 1 unspecified atom stereocenters. The molecule has 0 aliphatic carbocycles. The third-order valence-electron chi connectivity index (χ3n) is 6.38. The van der Waals surface area contributed by atoms with E-state index in [9.17, 15) is 9.59 Å². The van der Waals surface area contributed by atoms with E-state index in [1.807, 2.05) is 31.1 Å². The first-order chi connectivity index (χ1) is 14.6. The monoisotopic (exact) mass is 413 g/mol. The van der Waals surface area contributed by atoms with E-state index in [0.29, 0.717) is 37.8 Å². The van der Waals surface area contributed by atoms with Crippen molar-refractivity contribution >= 4 is 23.0 Å². The van der Waals surface area contributed by atoms with Gasteiger partial charge in [-0.15, -0.1) is 0 Å². The molecule has 2 saturated heterocycles. The number of pyridine rings is 1. The van der Waals surface area contributed by atoms with Crippen molar-refractivity contribution in [3.05, 3.63) is 24.2 Å². The minimum atomic E-state index is -0.119. The lowest BCUT2D eigenvalue weighted by atomic mass is 9.96. The standard InChI is InChI=1S/C22H31N5O3/c1-3-25(4-2)21(28)16-6-5-9-26(14-16)22(29)17-12-19-20(23-13-17)27(15-24-19)18-7-10-30-11-8-18/h12-13,15-16,18H,3-11,14H2,1-2H3. The highest BCUT2D eigenvalue weighted by molar-refractivity contribution is 5.96. The zero-order chi connectivity index (χ0) is 21.1. The summed E-state index contributed by atoms with van der Waals surface area (Å²) in [5, 5.41) is 0. The Morgan fingerprint density at radius 2 is 1.93 bits per heavy atom. The number of amides is 2. The van der Waals surface area contributed by atoms with Crippen LogP contribution in [-0.4, -0.2) is 75.5 Å². The summed E-state index contributed by atoms with van der Waals surface area (Å²) < 4.78 is 7.55. The molecule has 30 heavy (non-hydrogen) atoms. The number of hydrogen-bond acceptors (Lipinski definition) is 5. The predicted molar refractivity (Wildman–Crippen MR) is 113 cm³/mol. The lowest BCUT2D eigenvalue weighted by molar-refractivity contribution is -0.136. The number of carbonyl (C=O) groups is 2. The third-order valence-corrected chi connectivity index (χ3v) is 6.38. The van der Waals surface area contributed by atoms with Gasteiger partial charge in [-0.3, -0.25) is 9.59 Å². The van der Waals surface area contributed by atoms with Crippen molar-refractivity contribution in [2.24, 2.45) is 5.92 Å². The normalized spacial score (nSPS) is 20.5. The van der Waals surface area contributed by atoms with Crippen molar-refractivity contribution in [2.75, 3.05) is 39.4 Å². The van der Waals surface area contributed by atoms with Crippen molar-refractivity contribution in [3.8, 4) is 0 Å². The Hall–Kier alpha value is -2.48. The Kier molecular flexibility index (Phi) is 6.32. The van der Waals surface area contributed by atoms with E-state index < -0.39 is 0 Å². The molecule has 8 nitrogen and oxygen atoms in total. The highest BCUT2D eigenvalue weighted by Gasteiger charge is 2.31. The van der Waals surface area contributed by atoms with Crippen LogP contribution < -0.4 is 0 Å². The van der Waals surface area contributed by atoms with Crippen LogP contribution in [0.15, 0.2) is 18.6 Å². The molecule has 0 spiro atoms. The largest absolute Gasteiger partial charge is 0.381 e. The molecule has 0 saturated carbocycles. The van der Waals surface area contributed by atoms with E-state index in [1.165, 1.54) is 0 Å². The highest BCUT2D eigenvalue weighted by atomic mass is 16.5. The van der Waals surface area contributed by atoms with E-state index in [0.717, 1.165) is 50.1 Å². The lowest BCUT2D eigenvalue weighted by Gasteiger charge is -2.34. The van der Waals surface area contributed by atoms with E-state index in [1.54, 1.807) is 11.1 Å². The van der Waals surface area contributed by atoms with Gasteiger partial charge in [-0.2, -0.15) is 0 Å². The number of likely N-dealkylation sites (tertiary alicyclic amines) is 1. The van der Waals surface area contributed by atoms with Crippen molar-refractivity contribution in [3.63, 3.8) is 0 Å². The number of aromatic nitrogens is 3. The van der Waals surface area contributed by atoms with Gasteiger partial charge in [0.05, 0.1) is 17.8 Å². The van der Waals surface area contributed by atoms with Crippen LogP contribution in [0.2, 0.25) is 0 Å². The second kappa shape index (κ2) is 9.12. The minimum Gasteiger partial charge on any atom is -0.381 e. The Bertz CT molecular complexity index is 901. The highest BCUT2D eigenvalue weighted by Crippen LogP contribution is 2.26. The number of carbonyl (C=O) groups excluding carboxylic acids is 2. The van der Waals surface area contributed by atoms with Crippen LogP contribution >= 0.6 is 0 Å². The smallest absolute Gasteiger partial charge is 0.255 e. The SMILES string of the molecule is CCN(CC)C(=O)C1CCCN(C(=O)c2cnc3c(c2)ncn3C2CCOCC2)C1. The molecule has 162 valence electrons. The molecule has 2 fully saturated rings. The van der Waals surface area contributed by atoms with Gasteiger partial charge in [0.15, 0.2) is 5.65 Å². The molecule has 1 atom stereocenters. The third kappa shape index (κ3) is 4.05. The fourth-order valence-corrected chi connectivity index (χ4v) is 4.61. The van der Waals surface area contributed by atoms with Crippen LogP contribution in [0, 0.1) is 5.92 Å². The Morgan fingerprint density at radius 1 is 1.17 bits per heavy atom. The van der Waals surface area contributed by atoms with E-state index in [4.69, 9.17) is 4.74 Å². The van der Waals surface area contributed by atoms with Gasteiger partial charge in [0.1, 0.15) is 5.52 Å². The summed E-state index contributed by atoms with van der Waals surface area (Å²) in [7, 11) is 0. The van der Waals surface area contributed by atoms with E-state index in [2.05, 4.69) is 14.5 Å². The molecule has 8 heteroatoms. The van der Waals surface area contributed by atoms with Gasteiger partial charge in [0.2, 0.25) is 5.91 Å². The number of piperidine rings is 1. The lowest BCUT2D eigenvalue weighted by Crippen LogP contribution is -2.46. The van der Waals surface area contributed by atoms with Crippen LogP contribution in [0.1, 0.15) is 55.9 Å². The summed E-state index contributed by atoms with van der Waals surface area (Å²) in [5.74, 6) is -0.0321. The van der Waals surface area contributed by atoms with Gasteiger partial charge in [0.25, 0.3) is 5.91 Å². The summed E-state index contributed by atoms with van der Waals surface area (Å²) in [6.07, 6.45) is 7.05. The van der Waals surface area contributed by atoms with Crippen LogP contribution in [0.3, 0.4) is 0 Å². The van der Waals surface area contributed by atoms with Crippen LogP contribution in [0.25, 0.3) is 11.2 Å². The molecule has 0 aromatic carbocycles. The first-order valence-corrected chi connectivity index (χ1v) is 11.1. The fraction of sp³-hybridized carbons (Fsp3) is 0.636. The van der Waals surface area contributed by atoms with Gasteiger partial charge < -0.3 is 19.1 Å². The fourth-order valence-electron chi connectivity index (χ4n) is 4.61. The van der Waals surface area contributed by atoms with E-state index in [-0.39, 0.29) is 17.7 Å². The maximum Gasteiger partial charge on any atom is 0.255 e. The summed E-state index contributed by atoms with van der Waals surface area (Å²) in [6, 6.07) is 2.17. The van der Waals surface area contributed by atoms with Crippen molar-refractivity contribution in [1.29, 1.82) is 0 Å². The maximum atomic E-state index is 13.1. The molecular weight excluding hydrogens is 382 g/mol. The number of imidazole rings is 1. The second-order valence-corrected chi connectivity index (χ2v) is 8.16. The molecule has 2 aromatic heterocycles. The number of ether oxygens (including phenoxy) is 1. The van der Waals surface area contributed by atoms with Crippen LogP contribution in [0.5, 0.6) is 0 Å². The van der Waals surface area contributed by atoms with Crippen LogP contribution in [-0.2, 0) is 9.53 Å². The summed E-state index contributed by atoms with van der Waals surface area (Å²) in [4.78, 5) is 38.6. The van der Waals surface area contributed by atoms with Gasteiger partial charge in [0, 0.05) is 51.6 Å². The number of nitrogens with zero attached hydrogens (tertiary/aromatic N) is 5. The molecule has 2 aliphatic heterocycles. The summed E-state index contributed by atoms with van der Waals surface area (Å²) in [6.45, 7) is 8.05. The first-order valence-electron chi connectivity index (χ1n) is 11.1. The molecule has 4 rings (SSSR count). The number of hydrogen-bond donors (Lipinski definition) is 0. The minimum absolute atomic E-state index is 0.0675. The van der Waals surface area contributed by atoms with Crippen molar-refractivity contribution < 1.29 is 14.3 Å². The Labute approximate surface area is 177 Å². The molecule has 2 amide bonds. The average Bonchev–Trinajstić information content (AvgIpc) is 3.23. The molecule has 0 radical (unpaired) electrons. The molecule has 0 bridgehead atoms. The predicted octanol–water partition coefficient (Wildman–Crippen LogP) is 2.50. The van der Waals surface area contributed by atoms with E-state index >= 15 is 0 Å². The average molecular weight is 414 g/mol. The maximum absolute atomic E-state index is 13.1.